The van der Waals surface area contributed by atoms with Gasteiger partial charge in [0.1, 0.15) is 5.75 Å². The topological polar surface area (TPSA) is 117 Å². The van der Waals surface area contributed by atoms with Gasteiger partial charge in [-0.2, -0.15) is 23.0 Å². The Labute approximate surface area is 209 Å². The van der Waals surface area contributed by atoms with Crippen LogP contribution in [0.25, 0.3) is 11.4 Å². The highest BCUT2D eigenvalue weighted by molar-refractivity contribution is 8.00. The summed E-state index contributed by atoms with van der Waals surface area (Å²) in [6.07, 6.45) is -4.64. The van der Waals surface area contributed by atoms with E-state index in [1.807, 2.05) is 24.3 Å². The lowest BCUT2D eigenvalue weighted by Gasteiger charge is -2.09. The second kappa shape index (κ2) is 12.9. The summed E-state index contributed by atoms with van der Waals surface area (Å²) in [5.74, 6) is 0.0986. The van der Waals surface area contributed by atoms with Crippen LogP contribution in [0.4, 0.5) is 13.2 Å². The molecule has 35 heavy (non-hydrogen) atoms. The van der Waals surface area contributed by atoms with Crippen molar-refractivity contribution in [1.82, 2.24) is 15.1 Å². The number of rotatable bonds is 7. The molecule has 0 atom stereocenters. The number of hydrogen-bond acceptors (Lipinski definition) is 7. The van der Waals surface area contributed by atoms with E-state index in [9.17, 15) is 18.0 Å². The van der Waals surface area contributed by atoms with E-state index in [4.69, 9.17) is 31.9 Å². The third kappa shape index (κ3) is 8.12. The van der Waals surface area contributed by atoms with Gasteiger partial charge in [-0.25, -0.2) is 0 Å². The molecule has 0 bridgehead atoms. The minimum atomic E-state index is -4.64. The first-order chi connectivity index (χ1) is 16.6. The Hall–Kier alpha value is -3.35. The zero-order chi connectivity index (χ0) is 26.0. The number of carbonyl (C=O) groups excluding carboxylic acids is 1. The van der Waals surface area contributed by atoms with Gasteiger partial charge in [-0.05, 0) is 42.0 Å². The highest BCUT2D eigenvalue weighted by Crippen LogP contribution is 2.33. The van der Waals surface area contributed by atoms with E-state index in [0.717, 1.165) is 27.9 Å². The predicted octanol–water partition coefficient (Wildman–Crippen LogP) is 4.23. The molecular formula is C22H23ClF3N5O3S. The summed E-state index contributed by atoms with van der Waals surface area (Å²) in [7, 11) is 3.02. The molecule has 5 N–H and O–H groups in total. The summed E-state index contributed by atoms with van der Waals surface area (Å²) in [6, 6.07) is 14.4. The Morgan fingerprint density at radius 2 is 1.89 bits per heavy atom. The van der Waals surface area contributed by atoms with E-state index < -0.39 is 24.4 Å². The van der Waals surface area contributed by atoms with Gasteiger partial charge < -0.3 is 20.5 Å². The van der Waals surface area contributed by atoms with Crippen molar-refractivity contribution >= 4 is 35.2 Å². The number of nitrogens with two attached hydrogens (primary N) is 2. The summed E-state index contributed by atoms with van der Waals surface area (Å²) in [4.78, 5) is 11.2. The molecule has 8 nitrogen and oxygen atoms in total. The summed E-state index contributed by atoms with van der Waals surface area (Å²) >= 11 is 7.06. The molecule has 0 aliphatic heterocycles. The Balaban J connectivity index is 0.000000283. The third-order valence-corrected chi connectivity index (χ3v) is 5.01. The Morgan fingerprint density at radius 3 is 2.43 bits per heavy atom. The first kappa shape index (κ1) is 27.9. The van der Waals surface area contributed by atoms with Crippen LogP contribution in [0.5, 0.6) is 11.6 Å². The number of alkyl halides is 3. The van der Waals surface area contributed by atoms with Crippen LogP contribution in [0.15, 0.2) is 60.0 Å². The maximum Gasteiger partial charge on any atom is 0.435 e. The second-order valence-electron chi connectivity index (χ2n) is 6.63. The fourth-order valence-corrected chi connectivity index (χ4v) is 3.04. The molecule has 1 aromatic heterocycles. The molecule has 3 rings (SSSR count). The van der Waals surface area contributed by atoms with Crippen molar-refractivity contribution in [3.8, 4) is 17.3 Å². The quantitative estimate of drug-likeness (QED) is 0.392. The number of para-hydroxylation sites is 1. The van der Waals surface area contributed by atoms with E-state index in [0.29, 0.717) is 11.8 Å². The molecule has 0 spiro atoms. The van der Waals surface area contributed by atoms with Gasteiger partial charge >= 0.3 is 6.18 Å². The number of amides is 1. The lowest BCUT2D eigenvalue weighted by atomic mass is 10.2. The predicted molar refractivity (Wildman–Crippen MR) is 130 cm³/mol. The van der Waals surface area contributed by atoms with Crippen LogP contribution in [0.2, 0.25) is 5.02 Å². The average Bonchev–Trinajstić information content (AvgIpc) is 3.28. The van der Waals surface area contributed by atoms with E-state index in [1.54, 1.807) is 24.7 Å². The molecule has 0 radical (unpaired) electrons. The second-order valence-corrected chi connectivity index (χ2v) is 7.54. The number of nitrogens with zero attached hydrogens (tertiary/aromatic N) is 2. The van der Waals surface area contributed by atoms with E-state index >= 15 is 0 Å². The number of methoxy groups -OCH3 is 1. The molecule has 0 saturated carbocycles. The number of nitrogens with one attached hydrogen (secondary N) is 1. The van der Waals surface area contributed by atoms with Gasteiger partial charge in [0.15, 0.2) is 12.3 Å². The lowest BCUT2D eigenvalue weighted by molar-refractivity contribution is -0.141. The summed E-state index contributed by atoms with van der Waals surface area (Å²) < 4.78 is 49.5. The average molecular weight is 530 g/mol. The molecule has 0 saturated heterocycles. The Kier molecular flexibility index (Phi) is 10.3. The van der Waals surface area contributed by atoms with Crippen LogP contribution in [0.3, 0.4) is 0 Å². The van der Waals surface area contributed by atoms with E-state index in [-0.39, 0.29) is 16.6 Å². The zero-order valence-electron chi connectivity index (χ0n) is 18.7. The first-order valence-corrected chi connectivity index (χ1v) is 11.1. The summed E-state index contributed by atoms with van der Waals surface area (Å²) in [5, 5.41) is 12.9. The van der Waals surface area contributed by atoms with Gasteiger partial charge in [-0.1, -0.05) is 35.7 Å². The van der Waals surface area contributed by atoms with Crippen molar-refractivity contribution in [3.63, 3.8) is 0 Å². The van der Waals surface area contributed by atoms with Crippen LogP contribution in [0.1, 0.15) is 11.3 Å². The van der Waals surface area contributed by atoms with Crippen LogP contribution in [-0.2, 0) is 11.0 Å². The summed E-state index contributed by atoms with van der Waals surface area (Å²) in [5.41, 5.74) is 6.40. The standard InChI is InChI=1S/C13H11ClF3N3O2.C9H12N2OS/c1-18-11(21)7-22-12-6-10(13(15,16)17)19-20(12)9-5-3-2-4-8(9)14;1-12-8-4-2-7(3-5-8)9(10)6-13-11/h2-6H,7H2,1H3,(H,18,21);2-6H,10-11H2,1H3/b;9-6-. The Morgan fingerprint density at radius 1 is 1.23 bits per heavy atom. The molecular weight excluding hydrogens is 507 g/mol. The molecule has 2 aromatic carbocycles. The molecule has 0 fully saturated rings. The maximum absolute atomic E-state index is 12.8. The number of ether oxygens (including phenoxy) is 2. The minimum absolute atomic E-state index is 0.198. The third-order valence-electron chi connectivity index (χ3n) is 4.30. The summed E-state index contributed by atoms with van der Waals surface area (Å²) in [6.45, 7) is -0.441. The number of carbonyl (C=O) groups is 1. The fraction of sp³-hybridized carbons (Fsp3) is 0.182. The first-order valence-electron chi connectivity index (χ1n) is 9.81. The molecule has 13 heteroatoms. The van der Waals surface area contributed by atoms with E-state index in [2.05, 4.69) is 10.4 Å². The van der Waals surface area contributed by atoms with Crippen LogP contribution < -0.4 is 25.7 Å². The van der Waals surface area contributed by atoms with Crippen molar-refractivity contribution in [2.24, 2.45) is 10.9 Å². The lowest BCUT2D eigenvalue weighted by Crippen LogP contribution is -2.25. The Bertz CT molecular complexity index is 1150. The van der Waals surface area contributed by atoms with E-state index in [1.165, 1.54) is 19.2 Å². The van der Waals surface area contributed by atoms with Crippen molar-refractivity contribution in [2.75, 3.05) is 20.8 Å². The number of likely N-dealkylation sites (N-methyl/N-ethyl adjacent to an activating group) is 1. The van der Waals surface area contributed by atoms with Crippen molar-refractivity contribution in [2.45, 2.75) is 6.18 Å². The minimum Gasteiger partial charge on any atom is -0.497 e. The largest absolute Gasteiger partial charge is 0.497 e. The van der Waals surface area contributed by atoms with Crippen molar-refractivity contribution in [3.05, 3.63) is 76.3 Å². The monoisotopic (exact) mass is 529 g/mol. The molecule has 1 amide bonds. The number of aromatic nitrogens is 2. The molecule has 188 valence electrons. The van der Waals surface area contributed by atoms with Crippen LogP contribution in [-0.4, -0.2) is 36.5 Å². The highest BCUT2D eigenvalue weighted by atomic mass is 35.5. The van der Waals surface area contributed by atoms with Gasteiger partial charge in [0, 0.05) is 24.2 Å². The highest BCUT2D eigenvalue weighted by Gasteiger charge is 2.35. The molecule has 0 aliphatic rings. The number of halogens is 4. The van der Waals surface area contributed by atoms with Gasteiger partial charge in [0.2, 0.25) is 5.88 Å². The number of benzene rings is 2. The smallest absolute Gasteiger partial charge is 0.435 e. The van der Waals surface area contributed by atoms with Gasteiger partial charge in [-0.3, -0.25) is 9.93 Å². The van der Waals surface area contributed by atoms with Gasteiger partial charge in [-0.15, -0.1) is 0 Å². The normalized spacial score (nSPS) is 11.3. The molecule has 0 unspecified atom stereocenters. The van der Waals surface area contributed by atoms with Gasteiger partial charge in [0.25, 0.3) is 5.91 Å². The fourth-order valence-electron chi connectivity index (χ4n) is 2.54. The maximum atomic E-state index is 12.8. The molecule has 1 heterocycles. The molecule has 3 aromatic rings. The zero-order valence-corrected chi connectivity index (χ0v) is 20.2. The van der Waals surface area contributed by atoms with Gasteiger partial charge in [0.05, 0.1) is 17.8 Å². The molecule has 0 aliphatic carbocycles. The van der Waals surface area contributed by atoms with Crippen molar-refractivity contribution in [1.29, 1.82) is 0 Å². The SMILES string of the molecule is CNC(=O)COc1cc(C(F)(F)F)nn1-c1ccccc1Cl.COc1ccc(/C(N)=C/SN)cc1. The van der Waals surface area contributed by atoms with Crippen molar-refractivity contribution < 1.29 is 27.4 Å². The van der Waals surface area contributed by atoms with Crippen LogP contribution >= 0.6 is 23.5 Å². The number of hydrogen-bond donors (Lipinski definition) is 3. The van der Waals surface area contributed by atoms with Crippen LogP contribution in [0, 0.1) is 0 Å².